The lowest BCUT2D eigenvalue weighted by atomic mass is 10.2. The number of rotatable bonds is 1. The maximum absolute atomic E-state index is 5.61. The Balaban J connectivity index is 2.58. The highest BCUT2D eigenvalue weighted by Crippen LogP contribution is 2.30. The van der Waals surface area contributed by atoms with Gasteiger partial charge in [0.25, 0.3) is 0 Å². The predicted octanol–water partition coefficient (Wildman–Crippen LogP) is 2.99. The number of pyridine rings is 1. The Labute approximate surface area is 90.1 Å². The standard InChI is InChI=1S/C10H9BrN2O/c1-6-4-7(12)5-13-9(6)10-8(11)2-3-14-10/h2-5H,12H2,1H3. The van der Waals surface area contributed by atoms with E-state index < -0.39 is 0 Å². The molecule has 0 unspecified atom stereocenters. The molecule has 2 heterocycles. The van der Waals surface area contributed by atoms with Gasteiger partial charge in [0.2, 0.25) is 0 Å². The number of aromatic nitrogens is 1. The summed E-state index contributed by atoms with van der Waals surface area (Å²) in [6.45, 7) is 1.95. The third-order valence-corrected chi connectivity index (χ3v) is 2.56. The zero-order valence-electron chi connectivity index (χ0n) is 7.62. The van der Waals surface area contributed by atoms with Gasteiger partial charge in [-0.1, -0.05) is 0 Å². The Hall–Kier alpha value is -1.29. The molecule has 2 aromatic heterocycles. The van der Waals surface area contributed by atoms with Crippen LogP contribution < -0.4 is 5.73 Å². The van der Waals surface area contributed by atoms with Crippen molar-refractivity contribution in [3.63, 3.8) is 0 Å². The fourth-order valence-electron chi connectivity index (χ4n) is 1.30. The van der Waals surface area contributed by atoms with Gasteiger partial charge in [0.15, 0.2) is 5.76 Å². The number of hydrogen-bond acceptors (Lipinski definition) is 3. The van der Waals surface area contributed by atoms with Gasteiger partial charge < -0.3 is 10.2 Å². The number of halogens is 1. The minimum Gasteiger partial charge on any atom is -0.461 e. The maximum atomic E-state index is 5.61. The monoisotopic (exact) mass is 252 g/mol. The smallest absolute Gasteiger partial charge is 0.166 e. The Morgan fingerprint density at radius 1 is 1.50 bits per heavy atom. The SMILES string of the molecule is Cc1cc(N)cnc1-c1occc1Br. The molecule has 0 bridgehead atoms. The van der Waals surface area contributed by atoms with Gasteiger partial charge in [-0.2, -0.15) is 0 Å². The van der Waals surface area contributed by atoms with E-state index in [-0.39, 0.29) is 0 Å². The molecule has 0 spiro atoms. The number of nitrogens with zero attached hydrogens (tertiary/aromatic N) is 1. The van der Waals surface area contributed by atoms with Gasteiger partial charge >= 0.3 is 0 Å². The molecule has 0 aliphatic carbocycles. The van der Waals surface area contributed by atoms with E-state index in [0.717, 1.165) is 21.5 Å². The molecule has 3 nitrogen and oxygen atoms in total. The zero-order chi connectivity index (χ0) is 10.1. The van der Waals surface area contributed by atoms with Crippen LogP contribution in [0.25, 0.3) is 11.5 Å². The van der Waals surface area contributed by atoms with Crippen molar-refractivity contribution in [2.24, 2.45) is 0 Å². The highest BCUT2D eigenvalue weighted by atomic mass is 79.9. The average Bonchev–Trinajstić information content (AvgIpc) is 2.52. The van der Waals surface area contributed by atoms with Gasteiger partial charge in [-0.25, -0.2) is 0 Å². The molecule has 0 saturated heterocycles. The van der Waals surface area contributed by atoms with E-state index >= 15 is 0 Å². The van der Waals surface area contributed by atoms with E-state index in [4.69, 9.17) is 10.2 Å². The molecule has 14 heavy (non-hydrogen) atoms. The van der Waals surface area contributed by atoms with Gasteiger partial charge in [-0.3, -0.25) is 4.98 Å². The van der Waals surface area contributed by atoms with Crippen molar-refractivity contribution < 1.29 is 4.42 Å². The molecule has 0 radical (unpaired) electrons. The van der Waals surface area contributed by atoms with E-state index in [1.807, 2.05) is 19.1 Å². The number of nitrogens with two attached hydrogens (primary N) is 1. The second-order valence-corrected chi connectivity index (χ2v) is 3.89. The van der Waals surface area contributed by atoms with Crippen LogP contribution in [-0.4, -0.2) is 4.98 Å². The van der Waals surface area contributed by atoms with Crippen LogP contribution in [0.2, 0.25) is 0 Å². The zero-order valence-corrected chi connectivity index (χ0v) is 9.21. The van der Waals surface area contributed by atoms with Gasteiger partial charge in [-0.05, 0) is 40.5 Å². The lowest BCUT2D eigenvalue weighted by Crippen LogP contribution is -1.91. The van der Waals surface area contributed by atoms with Crippen molar-refractivity contribution in [2.45, 2.75) is 6.92 Å². The molecule has 0 aliphatic heterocycles. The molecule has 2 rings (SSSR count). The van der Waals surface area contributed by atoms with Crippen LogP contribution in [0.15, 0.2) is 33.5 Å². The first-order valence-electron chi connectivity index (χ1n) is 4.14. The first-order chi connectivity index (χ1) is 6.68. The molecule has 4 heteroatoms. The van der Waals surface area contributed by atoms with Crippen LogP contribution in [0.3, 0.4) is 0 Å². The summed E-state index contributed by atoms with van der Waals surface area (Å²) in [5, 5.41) is 0. The van der Waals surface area contributed by atoms with Crippen molar-refractivity contribution in [3.8, 4) is 11.5 Å². The van der Waals surface area contributed by atoms with Crippen LogP contribution in [0.4, 0.5) is 5.69 Å². The highest BCUT2D eigenvalue weighted by molar-refractivity contribution is 9.10. The highest BCUT2D eigenvalue weighted by Gasteiger charge is 2.10. The molecule has 0 atom stereocenters. The lowest BCUT2D eigenvalue weighted by Gasteiger charge is -2.02. The molecule has 0 aromatic carbocycles. The maximum Gasteiger partial charge on any atom is 0.166 e. The second-order valence-electron chi connectivity index (χ2n) is 3.03. The summed E-state index contributed by atoms with van der Waals surface area (Å²) in [4.78, 5) is 4.23. The van der Waals surface area contributed by atoms with Gasteiger partial charge in [-0.15, -0.1) is 0 Å². The molecule has 0 aliphatic rings. The second kappa shape index (κ2) is 3.46. The van der Waals surface area contributed by atoms with Crippen molar-refractivity contribution in [1.29, 1.82) is 0 Å². The summed E-state index contributed by atoms with van der Waals surface area (Å²) in [6.07, 6.45) is 3.24. The number of furan rings is 1. The molecule has 0 fully saturated rings. The molecule has 0 amide bonds. The molecule has 0 saturated carbocycles. The normalized spacial score (nSPS) is 10.4. The fraction of sp³-hybridized carbons (Fsp3) is 0.100. The largest absolute Gasteiger partial charge is 0.461 e. The van der Waals surface area contributed by atoms with Gasteiger partial charge in [0.1, 0.15) is 5.69 Å². The van der Waals surface area contributed by atoms with E-state index in [9.17, 15) is 0 Å². The number of anilines is 1. The molecule has 2 N–H and O–H groups in total. The Bertz CT molecular complexity index is 465. The number of nitrogen functional groups attached to an aromatic ring is 1. The van der Waals surface area contributed by atoms with Crippen LogP contribution in [-0.2, 0) is 0 Å². The molecule has 72 valence electrons. The molecular weight excluding hydrogens is 244 g/mol. The third kappa shape index (κ3) is 1.53. The van der Waals surface area contributed by atoms with Crippen LogP contribution in [0.5, 0.6) is 0 Å². The number of hydrogen-bond donors (Lipinski definition) is 1. The van der Waals surface area contributed by atoms with Crippen molar-refractivity contribution in [2.75, 3.05) is 5.73 Å². The summed E-state index contributed by atoms with van der Waals surface area (Å²) in [5.74, 6) is 0.738. The molecule has 2 aromatic rings. The first kappa shape index (κ1) is 9.27. The van der Waals surface area contributed by atoms with Crippen molar-refractivity contribution in [3.05, 3.63) is 34.6 Å². The topological polar surface area (TPSA) is 52.0 Å². The first-order valence-corrected chi connectivity index (χ1v) is 4.93. The third-order valence-electron chi connectivity index (χ3n) is 1.93. The summed E-state index contributed by atoms with van der Waals surface area (Å²) < 4.78 is 6.22. The Morgan fingerprint density at radius 2 is 2.29 bits per heavy atom. The van der Waals surface area contributed by atoms with Crippen LogP contribution in [0.1, 0.15) is 5.56 Å². The average molecular weight is 253 g/mol. The summed E-state index contributed by atoms with van der Waals surface area (Å²) >= 11 is 3.39. The Kier molecular flexibility index (Phi) is 2.29. The van der Waals surface area contributed by atoms with Gasteiger partial charge in [0.05, 0.1) is 22.6 Å². The molecular formula is C10H9BrN2O. The minimum absolute atomic E-state index is 0.661. The van der Waals surface area contributed by atoms with E-state index in [1.54, 1.807) is 12.5 Å². The Morgan fingerprint density at radius 3 is 2.86 bits per heavy atom. The van der Waals surface area contributed by atoms with Crippen molar-refractivity contribution >= 4 is 21.6 Å². The quantitative estimate of drug-likeness (QED) is 0.849. The predicted molar refractivity (Wildman–Crippen MR) is 58.8 cm³/mol. The number of aryl methyl sites for hydroxylation is 1. The van der Waals surface area contributed by atoms with Crippen molar-refractivity contribution in [1.82, 2.24) is 4.98 Å². The van der Waals surface area contributed by atoms with E-state index in [0.29, 0.717) is 5.69 Å². The minimum atomic E-state index is 0.661. The summed E-state index contributed by atoms with van der Waals surface area (Å²) in [7, 11) is 0. The fourth-order valence-corrected chi connectivity index (χ4v) is 1.69. The van der Waals surface area contributed by atoms with Crippen LogP contribution >= 0.6 is 15.9 Å². The summed E-state index contributed by atoms with van der Waals surface area (Å²) in [6, 6.07) is 3.71. The summed E-state index contributed by atoms with van der Waals surface area (Å²) in [5.41, 5.74) is 8.09. The van der Waals surface area contributed by atoms with E-state index in [2.05, 4.69) is 20.9 Å². The lowest BCUT2D eigenvalue weighted by molar-refractivity contribution is 0.578. The van der Waals surface area contributed by atoms with Gasteiger partial charge in [0, 0.05) is 0 Å². The van der Waals surface area contributed by atoms with Crippen LogP contribution in [0, 0.1) is 6.92 Å². The van der Waals surface area contributed by atoms with E-state index in [1.165, 1.54) is 0 Å².